The van der Waals surface area contributed by atoms with Gasteiger partial charge in [-0.1, -0.05) is 24.3 Å². The summed E-state index contributed by atoms with van der Waals surface area (Å²) in [4.78, 5) is 0. The third-order valence-corrected chi connectivity index (χ3v) is 2.93. The zero-order chi connectivity index (χ0) is 12.4. The highest BCUT2D eigenvalue weighted by atomic mass is 19.1. The molecule has 88 valence electrons. The molecule has 0 fully saturated rings. The van der Waals surface area contributed by atoms with Gasteiger partial charge in [0.25, 0.3) is 0 Å². The molecule has 0 unspecified atom stereocenters. The average Bonchev–Trinajstić information content (AvgIpc) is 2.26. The first-order valence-corrected chi connectivity index (χ1v) is 5.57. The minimum Gasteiger partial charge on any atom is -0.207 e. The van der Waals surface area contributed by atoms with E-state index in [0.29, 0.717) is 17.5 Å². The first-order valence-electron chi connectivity index (χ1n) is 5.57. The molecule has 2 heteroatoms. The zero-order valence-electron chi connectivity index (χ0n) is 9.93. The van der Waals surface area contributed by atoms with Crippen LogP contribution in [0.5, 0.6) is 0 Å². The lowest BCUT2D eigenvalue weighted by Crippen LogP contribution is -1.98. The lowest BCUT2D eigenvalue weighted by molar-refractivity contribution is 0.597. The van der Waals surface area contributed by atoms with E-state index >= 15 is 0 Å². The van der Waals surface area contributed by atoms with Crippen LogP contribution in [0.15, 0.2) is 36.4 Å². The second-order valence-electron chi connectivity index (χ2n) is 4.31. The Labute approximate surface area is 99.9 Å². The summed E-state index contributed by atoms with van der Waals surface area (Å²) in [5, 5.41) is 0. The maximum absolute atomic E-state index is 13.7. The van der Waals surface area contributed by atoms with Crippen LogP contribution in [0, 0.1) is 25.5 Å². The third-order valence-electron chi connectivity index (χ3n) is 2.93. The Morgan fingerprint density at radius 1 is 0.941 bits per heavy atom. The lowest BCUT2D eigenvalue weighted by atomic mass is 9.99. The molecule has 0 nitrogen and oxygen atoms in total. The molecule has 0 bridgehead atoms. The number of aryl methyl sites for hydroxylation is 2. The van der Waals surface area contributed by atoms with Crippen LogP contribution in [0.25, 0.3) is 0 Å². The van der Waals surface area contributed by atoms with E-state index in [1.165, 1.54) is 12.1 Å². The predicted octanol–water partition coefficient (Wildman–Crippen LogP) is 4.17. The second-order valence-corrected chi connectivity index (χ2v) is 4.31. The third kappa shape index (κ3) is 2.52. The zero-order valence-corrected chi connectivity index (χ0v) is 9.93. The lowest BCUT2D eigenvalue weighted by Gasteiger charge is -2.08. The summed E-state index contributed by atoms with van der Waals surface area (Å²) in [5.41, 5.74) is 2.82. The maximum Gasteiger partial charge on any atom is 0.126 e. The molecule has 0 atom stereocenters. The van der Waals surface area contributed by atoms with E-state index in [9.17, 15) is 8.78 Å². The van der Waals surface area contributed by atoms with Crippen molar-refractivity contribution in [2.75, 3.05) is 0 Å². The van der Waals surface area contributed by atoms with E-state index in [4.69, 9.17) is 0 Å². The maximum atomic E-state index is 13.7. The molecule has 0 N–H and O–H groups in total. The van der Waals surface area contributed by atoms with E-state index in [1.54, 1.807) is 12.1 Å². The van der Waals surface area contributed by atoms with Gasteiger partial charge in [0.15, 0.2) is 0 Å². The van der Waals surface area contributed by atoms with Gasteiger partial charge in [0.05, 0.1) is 0 Å². The molecule has 0 heterocycles. The molecule has 2 aromatic carbocycles. The van der Waals surface area contributed by atoms with Crippen molar-refractivity contribution in [1.82, 2.24) is 0 Å². The first kappa shape index (κ1) is 11.8. The Bertz CT molecular complexity index is 524. The molecule has 0 aliphatic heterocycles. The monoisotopic (exact) mass is 232 g/mol. The van der Waals surface area contributed by atoms with Crippen LogP contribution in [0.3, 0.4) is 0 Å². The smallest absolute Gasteiger partial charge is 0.126 e. The average molecular weight is 232 g/mol. The minimum absolute atomic E-state index is 0.271. The van der Waals surface area contributed by atoms with Crippen molar-refractivity contribution < 1.29 is 8.78 Å². The molecular weight excluding hydrogens is 218 g/mol. The van der Waals surface area contributed by atoms with Gasteiger partial charge in [-0.2, -0.15) is 0 Å². The summed E-state index contributed by atoms with van der Waals surface area (Å²) in [7, 11) is 0. The van der Waals surface area contributed by atoms with Crippen LogP contribution >= 0.6 is 0 Å². The van der Waals surface area contributed by atoms with Gasteiger partial charge in [0, 0.05) is 6.42 Å². The summed E-state index contributed by atoms with van der Waals surface area (Å²) in [6, 6.07) is 9.95. The number of benzene rings is 2. The Morgan fingerprint density at radius 2 is 1.71 bits per heavy atom. The highest BCUT2D eigenvalue weighted by Crippen LogP contribution is 2.19. The molecular formula is C15H14F2. The predicted molar refractivity (Wildman–Crippen MR) is 65.1 cm³/mol. The Balaban J connectivity index is 2.38. The van der Waals surface area contributed by atoms with Gasteiger partial charge in [0.1, 0.15) is 11.6 Å². The standard InChI is InChI=1S/C15H14F2/c1-10-6-7-12(15(17)8-10)9-13-11(2)4-3-5-14(13)16/h3-8H,9H2,1-2H3. The van der Waals surface area contributed by atoms with Gasteiger partial charge < -0.3 is 0 Å². The molecule has 17 heavy (non-hydrogen) atoms. The Hall–Kier alpha value is -1.70. The Morgan fingerprint density at radius 3 is 2.35 bits per heavy atom. The van der Waals surface area contributed by atoms with E-state index in [2.05, 4.69) is 0 Å². The SMILES string of the molecule is Cc1ccc(Cc2c(C)cccc2F)c(F)c1. The van der Waals surface area contributed by atoms with Gasteiger partial charge in [0.2, 0.25) is 0 Å². The quantitative estimate of drug-likeness (QED) is 0.729. The first-order chi connectivity index (χ1) is 8.08. The van der Waals surface area contributed by atoms with Crippen molar-refractivity contribution in [3.63, 3.8) is 0 Å². The van der Waals surface area contributed by atoms with Crippen LogP contribution in [0.4, 0.5) is 8.78 Å². The molecule has 0 radical (unpaired) electrons. The topological polar surface area (TPSA) is 0 Å². The van der Waals surface area contributed by atoms with Crippen molar-refractivity contribution in [3.8, 4) is 0 Å². The molecule has 2 rings (SSSR count). The van der Waals surface area contributed by atoms with Gasteiger partial charge in [-0.15, -0.1) is 0 Å². The molecule has 0 saturated carbocycles. The van der Waals surface area contributed by atoms with Crippen molar-refractivity contribution in [1.29, 1.82) is 0 Å². The summed E-state index contributed by atoms with van der Waals surface area (Å²) < 4.78 is 27.3. The van der Waals surface area contributed by atoms with Crippen LogP contribution in [0.2, 0.25) is 0 Å². The molecule has 0 aliphatic carbocycles. The van der Waals surface area contributed by atoms with Crippen LogP contribution in [-0.2, 0) is 6.42 Å². The van der Waals surface area contributed by atoms with E-state index in [0.717, 1.165) is 11.1 Å². The fourth-order valence-electron chi connectivity index (χ4n) is 1.88. The number of rotatable bonds is 2. The number of halogens is 2. The molecule has 0 saturated heterocycles. The molecule has 2 aromatic rings. The molecule has 0 spiro atoms. The fraction of sp³-hybridized carbons (Fsp3) is 0.200. The summed E-state index contributed by atoms with van der Waals surface area (Å²) >= 11 is 0. The highest BCUT2D eigenvalue weighted by Gasteiger charge is 2.09. The minimum atomic E-state index is -0.273. The van der Waals surface area contributed by atoms with Crippen molar-refractivity contribution >= 4 is 0 Å². The van der Waals surface area contributed by atoms with E-state index < -0.39 is 0 Å². The number of hydrogen-bond donors (Lipinski definition) is 0. The Kier molecular flexibility index (Phi) is 3.23. The summed E-state index contributed by atoms with van der Waals surface area (Å²) in [5.74, 6) is -0.544. The van der Waals surface area contributed by atoms with Gasteiger partial charge in [-0.3, -0.25) is 0 Å². The molecule has 0 aliphatic rings. The van der Waals surface area contributed by atoms with Crippen molar-refractivity contribution in [3.05, 3.63) is 70.3 Å². The van der Waals surface area contributed by atoms with Gasteiger partial charge >= 0.3 is 0 Å². The molecule has 0 aromatic heterocycles. The van der Waals surface area contributed by atoms with E-state index in [-0.39, 0.29) is 11.6 Å². The van der Waals surface area contributed by atoms with Crippen LogP contribution < -0.4 is 0 Å². The summed E-state index contributed by atoms with van der Waals surface area (Å²) in [6.45, 7) is 3.67. The van der Waals surface area contributed by atoms with Crippen molar-refractivity contribution in [2.45, 2.75) is 20.3 Å². The molecule has 0 amide bonds. The van der Waals surface area contributed by atoms with Crippen molar-refractivity contribution in [2.24, 2.45) is 0 Å². The second kappa shape index (κ2) is 4.66. The fourth-order valence-corrected chi connectivity index (χ4v) is 1.88. The van der Waals surface area contributed by atoms with Gasteiger partial charge in [-0.25, -0.2) is 8.78 Å². The van der Waals surface area contributed by atoms with E-state index in [1.807, 2.05) is 26.0 Å². The highest BCUT2D eigenvalue weighted by molar-refractivity contribution is 5.34. The van der Waals surface area contributed by atoms with Crippen LogP contribution in [-0.4, -0.2) is 0 Å². The number of hydrogen-bond acceptors (Lipinski definition) is 0. The normalized spacial score (nSPS) is 10.6. The largest absolute Gasteiger partial charge is 0.207 e. The van der Waals surface area contributed by atoms with Crippen LogP contribution in [0.1, 0.15) is 22.3 Å². The summed E-state index contributed by atoms with van der Waals surface area (Å²) in [6.07, 6.45) is 0.296. The van der Waals surface area contributed by atoms with Gasteiger partial charge in [-0.05, 0) is 48.2 Å².